The van der Waals surface area contributed by atoms with Gasteiger partial charge in [-0.25, -0.2) is 13.8 Å². The number of pyridine rings is 1. The molecule has 0 fully saturated rings. The van der Waals surface area contributed by atoms with Gasteiger partial charge in [-0.05, 0) is 34.2 Å². The van der Waals surface area contributed by atoms with Gasteiger partial charge in [-0.15, -0.1) is 0 Å². The van der Waals surface area contributed by atoms with E-state index in [2.05, 4.69) is 20.9 Å². The summed E-state index contributed by atoms with van der Waals surface area (Å²) in [5.41, 5.74) is 0.359. The lowest BCUT2D eigenvalue weighted by Crippen LogP contribution is -2.02. The summed E-state index contributed by atoms with van der Waals surface area (Å²) in [5.74, 6) is 0. The molecule has 1 aromatic rings. The van der Waals surface area contributed by atoms with Gasteiger partial charge in [0.25, 0.3) is 6.43 Å². The van der Waals surface area contributed by atoms with Crippen LogP contribution in [-0.4, -0.2) is 11.3 Å². The van der Waals surface area contributed by atoms with Crippen molar-refractivity contribution < 1.29 is 13.6 Å². The zero-order valence-electron chi connectivity index (χ0n) is 6.81. The number of carbonyl (C=O) groups is 1. The predicted octanol–water partition coefficient (Wildman–Crippen LogP) is 3.33. The van der Waals surface area contributed by atoms with Gasteiger partial charge in [-0.1, -0.05) is 15.9 Å². The van der Waals surface area contributed by atoms with Crippen LogP contribution in [0.25, 0.3) is 0 Å². The maximum atomic E-state index is 12.5. The van der Waals surface area contributed by atoms with E-state index < -0.39 is 6.43 Å². The van der Waals surface area contributed by atoms with Crippen molar-refractivity contribution in [3.05, 3.63) is 26.6 Å². The molecule has 0 unspecified atom stereocenters. The molecule has 1 aromatic heterocycles. The Morgan fingerprint density at radius 2 is 2.29 bits per heavy atom. The monoisotopic (exact) mass is 375 g/mol. The zero-order valence-corrected chi connectivity index (χ0v) is 10.5. The van der Waals surface area contributed by atoms with Crippen LogP contribution in [0.5, 0.6) is 0 Å². The number of carbonyl (C=O) groups excluding carboxylic acids is 1. The van der Waals surface area contributed by atoms with Crippen molar-refractivity contribution in [1.82, 2.24) is 4.98 Å². The molecular formula is C8H5BrF2INO. The van der Waals surface area contributed by atoms with E-state index in [9.17, 15) is 13.6 Å². The average molecular weight is 376 g/mol. The molecule has 0 saturated heterocycles. The summed E-state index contributed by atoms with van der Waals surface area (Å²) in [5, 5.41) is 0.425. The molecule has 0 amide bonds. The van der Waals surface area contributed by atoms with E-state index in [1.54, 1.807) is 22.6 Å². The summed E-state index contributed by atoms with van der Waals surface area (Å²) in [6.45, 7) is 0. The normalized spacial score (nSPS) is 10.6. The summed E-state index contributed by atoms with van der Waals surface area (Å²) in [7, 11) is 0. The molecule has 0 N–H and O–H groups in total. The second kappa shape index (κ2) is 5.11. The highest BCUT2D eigenvalue weighted by Gasteiger charge is 2.17. The average Bonchev–Trinajstić information content (AvgIpc) is 2.17. The van der Waals surface area contributed by atoms with E-state index in [1.807, 2.05) is 0 Å². The predicted molar refractivity (Wildman–Crippen MR) is 59.9 cm³/mol. The first kappa shape index (κ1) is 12.0. The maximum absolute atomic E-state index is 12.5. The number of halogens is 4. The van der Waals surface area contributed by atoms with Gasteiger partial charge in [0, 0.05) is 8.90 Å². The molecule has 1 heterocycles. The third-order valence-corrected chi connectivity index (χ3v) is 3.40. The van der Waals surface area contributed by atoms with Crippen molar-refractivity contribution in [2.45, 2.75) is 11.8 Å². The van der Waals surface area contributed by atoms with Gasteiger partial charge >= 0.3 is 0 Å². The van der Waals surface area contributed by atoms with E-state index in [0.29, 0.717) is 20.7 Å². The van der Waals surface area contributed by atoms with E-state index in [1.165, 1.54) is 6.07 Å². The summed E-state index contributed by atoms with van der Waals surface area (Å²) >= 11 is 4.96. The number of hydrogen-bond acceptors (Lipinski definition) is 2. The Morgan fingerprint density at radius 1 is 1.64 bits per heavy atom. The minimum Gasteiger partial charge on any atom is -0.296 e. The van der Waals surface area contributed by atoms with Crippen LogP contribution in [0.1, 0.15) is 28.2 Å². The van der Waals surface area contributed by atoms with E-state index >= 15 is 0 Å². The van der Waals surface area contributed by atoms with Gasteiger partial charge in [0.05, 0.1) is 0 Å². The fourth-order valence-electron chi connectivity index (χ4n) is 0.929. The van der Waals surface area contributed by atoms with Crippen molar-refractivity contribution >= 4 is 44.8 Å². The molecule has 0 spiro atoms. The van der Waals surface area contributed by atoms with Crippen molar-refractivity contribution in [1.29, 1.82) is 0 Å². The van der Waals surface area contributed by atoms with E-state index in [4.69, 9.17) is 0 Å². The molecule has 0 saturated carbocycles. The lowest BCUT2D eigenvalue weighted by Gasteiger charge is -2.07. The summed E-state index contributed by atoms with van der Waals surface area (Å²) < 4.78 is 25.3. The van der Waals surface area contributed by atoms with Crippen LogP contribution in [0.3, 0.4) is 0 Å². The van der Waals surface area contributed by atoms with Gasteiger partial charge < -0.3 is 0 Å². The fraction of sp³-hybridized carbons (Fsp3) is 0.250. The highest BCUT2D eigenvalue weighted by molar-refractivity contribution is 14.1. The van der Waals surface area contributed by atoms with Crippen LogP contribution in [0.4, 0.5) is 8.78 Å². The van der Waals surface area contributed by atoms with E-state index in [-0.39, 0.29) is 11.4 Å². The highest BCUT2D eigenvalue weighted by atomic mass is 127. The summed E-state index contributed by atoms with van der Waals surface area (Å²) in [6, 6.07) is 1.50. The first-order valence-electron chi connectivity index (χ1n) is 3.58. The molecule has 14 heavy (non-hydrogen) atoms. The van der Waals surface area contributed by atoms with Gasteiger partial charge in [0.1, 0.15) is 11.4 Å². The maximum Gasteiger partial charge on any atom is 0.281 e. The largest absolute Gasteiger partial charge is 0.296 e. The first-order valence-corrected chi connectivity index (χ1v) is 5.78. The van der Waals surface area contributed by atoms with Gasteiger partial charge in [0.2, 0.25) is 0 Å². The second-order valence-corrected chi connectivity index (χ2v) is 4.10. The quantitative estimate of drug-likeness (QED) is 0.461. The van der Waals surface area contributed by atoms with Crippen LogP contribution >= 0.6 is 38.5 Å². The Kier molecular flexibility index (Phi) is 4.36. The summed E-state index contributed by atoms with van der Waals surface area (Å²) in [6.07, 6.45) is -2.19. The Hall–Kier alpha value is -0.110. The molecule has 0 bridgehead atoms. The Morgan fingerprint density at radius 3 is 2.71 bits per heavy atom. The standard InChI is InChI=1S/C8H5BrF2INO/c9-2-4-1-5(3-14)13-7(6(4)12)8(10)11/h1,3,8H,2H2. The van der Waals surface area contributed by atoms with Crippen molar-refractivity contribution in [2.75, 3.05) is 0 Å². The van der Waals surface area contributed by atoms with Crippen molar-refractivity contribution in [3.8, 4) is 0 Å². The third-order valence-electron chi connectivity index (χ3n) is 1.55. The van der Waals surface area contributed by atoms with Crippen molar-refractivity contribution in [2.24, 2.45) is 0 Å². The zero-order chi connectivity index (χ0) is 10.7. The minimum absolute atomic E-state index is 0.0372. The molecule has 76 valence electrons. The van der Waals surface area contributed by atoms with E-state index in [0.717, 1.165) is 0 Å². The topological polar surface area (TPSA) is 30.0 Å². The molecule has 0 aromatic carbocycles. The first-order chi connectivity index (χ1) is 6.60. The smallest absolute Gasteiger partial charge is 0.281 e. The Balaban J connectivity index is 3.34. The third kappa shape index (κ3) is 2.47. The lowest BCUT2D eigenvalue weighted by molar-refractivity contribution is 0.111. The molecule has 1 rings (SSSR count). The molecule has 0 aliphatic carbocycles. The lowest BCUT2D eigenvalue weighted by atomic mass is 10.2. The number of aromatic nitrogens is 1. The SMILES string of the molecule is O=Cc1cc(CBr)c(I)c(C(F)F)n1. The van der Waals surface area contributed by atoms with Crippen LogP contribution in [-0.2, 0) is 5.33 Å². The van der Waals surface area contributed by atoms with Gasteiger partial charge in [-0.2, -0.15) is 0 Å². The fourth-order valence-corrected chi connectivity index (χ4v) is 2.60. The Labute approximate surface area is 101 Å². The molecular weight excluding hydrogens is 371 g/mol. The molecule has 0 atom stereocenters. The summed E-state index contributed by atoms with van der Waals surface area (Å²) in [4.78, 5) is 14.0. The van der Waals surface area contributed by atoms with Gasteiger partial charge in [-0.3, -0.25) is 4.79 Å². The molecule has 6 heteroatoms. The molecule has 0 aliphatic rings. The highest BCUT2D eigenvalue weighted by Crippen LogP contribution is 2.26. The van der Waals surface area contributed by atoms with Crippen molar-refractivity contribution in [3.63, 3.8) is 0 Å². The molecule has 2 nitrogen and oxygen atoms in total. The van der Waals surface area contributed by atoms with Crippen LogP contribution in [0, 0.1) is 3.57 Å². The minimum atomic E-state index is -2.65. The molecule has 0 radical (unpaired) electrons. The number of alkyl halides is 3. The van der Waals surface area contributed by atoms with Crippen LogP contribution in [0.15, 0.2) is 6.07 Å². The number of aldehydes is 1. The van der Waals surface area contributed by atoms with Crippen LogP contribution < -0.4 is 0 Å². The molecule has 0 aliphatic heterocycles. The number of rotatable bonds is 3. The van der Waals surface area contributed by atoms with Gasteiger partial charge in [0.15, 0.2) is 6.29 Å². The second-order valence-electron chi connectivity index (χ2n) is 2.46. The Bertz CT molecular complexity index is 359. The number of hydrogen-bond donors (Lipinski definition) is 0. The van der Waals surface area contributed by atoms with Crippen LogP contribution in [0.2, 0.25) is 0 Å². The number of nitrogens with zero attached hydrogens (tertiary/aromatic N) is 1.